The summed E-state index contributed by atoms with van der Waals surface area (Å²) < 4.78 is 0. The van der Waals surface area contributed by atoms with Gasteiger partial charge in [-0.2, -0.15) is 0 Å². The summed E-state index contributed by atoms with van der Waals surface area (Å²) in [5.74, 6) is 0. The molecule has 4 heteroatoms. The van der Waals surface area contributed by atoms with Crippen LogP contribution in [0.3, 0.4) is 0 Å². The first kappa shape index (κ1) is 46.4. The van der Waals surface area contributed by atoms with Gasteiger partial charge in [0.05, 0.1) is 16.8 Å². The summed E-state index contributed by atoms with van der Waals surface area (Å²) in [6.07, 6.45) is 1.87. The molecule has 8 aromatic carbocycles. The van der Waals surface area contributed by atoms with E-state index >= 15 is 0 Å². The zero-order chi connectivity index (χ0) is 47.1. The third-order valence-corrected chi connectivity index (χ3v) is 21.8. The van der Waals surface area contributed by atoms with E-state index in [1.807, 2.05) is 0 Å². The monoisotopic (exact) mass is 914 g/mol. The molecule has 8 aromatic rings. The summed E-state index contributed by atoms with van der Waals surface area (Å²) in [6, 6.07) is 87.7. The zero-order valence-corrected chi connectivity index (χ0v) is 41.8. The third-order valence-electron chi connectivity index (χ3n) is 14.1. The Labute approximate surface area is 407 Å². The second-order valence-electron chi connectivity index (χ2n) is 18.6. The summed E-state index contributed by atoms with van der Waals surface area (Å²) in [4.78, 5) is 0. The summed E-state index contributed by atoms with van der Waals surface area (Å²) in [7, 11) is -2.58. The minimum absolute atomic E-state index is 0.258. The molecular formula is C64H62N2Si2. The van der Waals surface area contributed by atoms with Gasteiger partial charge in [-0.25, -0.2) is 0 Å². The van der Waals surface area contributed by atoms with Gasteiger partial charge in [-0.3, -0.25) is 0 Å². The van der Waals surface area contributed by atoms with E-state index in [-0.39, 0.29) is 21.4 Å². The molecule has 2 aliphatic heterocycles. The zero-order valence-electron chi connectivity index (χ0n) is 39.8. The molecule has 2 heterocycles. The fourth-order valence-electron chi connectivity index (χ4n) is 10.4. The van der Waals surface area contributed by atoms with Gasteiger partial charge in [0.2, 0.25) is 0 Å². The highest BCUT2D eigenvalue weighted by atomic mass is 28.2. The maximum Gasteiger partial charge on any atom is 0.0557 e. The average molecular weight is 915 g/mol. The van der Waals surface area contributed by atoms with Crippen LogP contribution in [0.15, 0.2) is 243 Å². The molecule has 0 radical (unpaired) electrons. The van der Waals surface area contributed by atoms with E-state index in [4.69, 9.17) is 11.5 Å². The highest BCUT2D eigenvalue weighted by molar-refractivity contribution is 6.89. The van der Waals surface area contributed by atoms with E-state index in [1.165, 1.54) is 77.1 Å². The molecule has 10 rings (SSSR count). The summed E-state index contributed by atoms with van der Waals surface area (Å²) in [5, 5.41) is 2.34. The molecule has 4 atom stereocenters. The minimum atomic E-state index is -1.29. The maximum atomic E-state index is 7.26. The van der Waals surface area contributed by atoms with Crippen molar-refractivity contribution in [2.45, 2.75) is 61.9 Å². The summed E-state index contributed by atoms with van der Waals surface area (Å²) in [5.41, 5.74) is 31.0. The molecule has 0 fully saturated rings. The summed E-state index contributed by atoms with van der Waals surface area (Å²) >= 11 is 0. The molecule has 0 saturated heterocycles. The SMILES string of the molecule is CCC(C)(N)[Si]1=C(c2ccccc2)C(c2ccccc2)=C(c2ccccc2)C1c1ccccc1.CCC(C)(N)[Si]1=C(c2ccccc2)C(c2ccccc2)=C(c2ccccc2)C1c1ccccc1. The molecule has 336 valence electrons. The molecule has 2 aliphatic rings. The Bertz CT molecular complexity index is 2860. The van der Waals surface area contributed by atoms with Crippen LogP contribution in [0.2, 0.25) is 0 Å². The van der Waals surface area contributed by atoms with Crippen molar-refractivity contribution in [3.63, 3.8) is 0 Å². The van der Waals surface area contributed by atoms with Crippen molar-refractivity contribution >= 4 is 49.4 Å². The predicted molar refractivity (Wildman–Crippen MR) is 296 cm³/mol. The smallest absolute Gasteiger partial charge is 0.0557 e. The molecule has 0 bridgehead atoms. The normalized spacial score (nSPS) is 17.7. The van der Waals surface area contributed by atoms with Crippen molar-refractivity contribution in [3.8, 4) is 0 Å². The molecule has 2 nitrogen and oxygen atoms in total. The topological polar surface area (TPSA) is 52.0 Å². The Morgan fingerprint density at radius 1 is 0.324 bits per heavy atom. The van der Waals surface area contributed by atoms with Gasteiger partial charge in [0.15, 0.2) is 0 Å². The highest BCUT2D eigenvalue weighted by Gasteiger charge is 2.45. The first-order valence-corrected chi connectivity index (χ1v) is 27.4. The molecule has 0 amide bonds. The standard InChI is InChI=1S/2C32H31NSi/c2*1-3-32(2,33)34-30(26-20-12-6-13-21-26)28(24-16-8-4-9-17-24)29(25-18-10-5-11-19-25)31(34)27-22-14-7-15-23-27/h2*4-23,30H,3,33H2,1-2H3. The Morgan fingerprint density at radius 3 is 0.794 bits per heavy atom. The van der Waals surface area contributed by atoms with Gasteiger partial charge in [0.25, 0.3) is 0 Å². The predicted octanol–water partition coefficient (Wildman–Crippen LogP) is 13.8. The lowest BCUT2D eigenvalue weighted by molar-refractivity contribution is 0.618. The van der Waals surface area contributed by atoms with Gasteiger partial charge >= 0.3 is 0 Å². The quantitative estimate of drug-likeness (QED) is 0.120. The number of benzene rings is 8. The number of rotatable bonds is 12. The van der Waals surface area contributed by atoms with Crippen molar-refractivity contribution in [2.24, 2.45) is 11.5 Å². The van der Waals surface area contributed by atoms with Gasteiger partial charge in [-0.1, -0.05) is 257 Å². The Kier molecular flexibility index (Phi) is 14.1. The lowest BCUT2D eigenvalue weighted by Gasteiger charge is -2.32. The van der Waals surface area contributed by atoms with E-state index in [0.29, 0.717) is 0 Å². The van der Waals surface area contributed by atoms with Crippen molar-refractivity contribution in [2.75, 3.05) is 0 Å². The van der Waals surface area contributed by atoms with Gasteiger partial charge < -0.3 is 11.5 Å². The molecule has 68 heavy (non-hydrogen) atoms. The molecule has 0 saturated carbocycles. The van der Waals surface area contributed by atoms with Crippen LogP contribution in [-0.2, 0) is 0 Å². The highest BCUT2D eigenvalue weighted by Crippen LogP contribution is 2.49. The van der Waals surface area contributed by atoms with Crippen molar-refractivity contribution < 1.29 is 0 Å². The molecule has 0 spiro atoms. The average Bonchev–Trinajstić information content (AvgIpc) is 3.98. The van der Waals surface area contributed by atoms with Crippen LogP contribution in [0.4, 0.5) is 0 Å². The maximum absolute atomic E-state index is 7.26. The van der Waals surface area contributed by atoms with E-state index in [0.717, 1.165) is 12.8 Å². The van der Waals surface area contributed by atoms with Gasteiger partial charge in [0, 0.05) is 21.4 Å². The Hall–Kier alpha value is -6.67. The first-order chi connectivity index (χ1) is 33.2. The summed E-state index contributed by atoms with van der Waals surface area (Å²) in [6.45, 7) is 9.03. The second-order valence-corrected chi connectivity index (χ2v) is 24.7. The van der Waals surface area contributed by atoms with Gasteiger partial charge in [0.1, 0.15) is 0 Å². The molecule has 4 unspecified atom stereocenters. The molecular weight excluding hydrogens is 853 g/mol. The van der Waals surface area contributed by atoms with E-state index in [9.17, 15) is 0 Å². The van der Waals surface area contributed by atoms with E-state index in [2.05, 4.69) is 270 Å². The van der Waals surface area contributed by atoms with Crippen LogP contribution < -0.4 is 11.5 Å². The number of nitrogens with two attached hydrogens (primary N) is 2. The number of allylic oxidation sites excluding steroid dienone is 4. The Balaban J connectivity index is 0.000000170. The van der Waals surface area contributed by atoms with Crippen LogP contribution in [0.25, 0.3) is 22.3 Å². The Morgan fingerprint density at radius 2 is 0.544 bits per heavy atom. The van der Waals surface area contributed by atoms with E-state index < -0.39 is 16.8 Å². The minimum Gasteiger partial charge on any atom is -0.325 e. The fraction of sp³-hybridized carbons (Fsp3) is 0.156. The van der Waals surface area contributed by atoms with Crippen LogP contribution in [0.5, 0.6) is 0 Å². The molecule has 0 aliphatic carbocycles. The number of hydrogen-bond acceptors (Lipinski definition) is 2. The van der Waals surface area contributed by atoms with Crippen LogP contribution in [0, 0.1) is 0 Å². The van der Waals surface area contributed by atoms with Crippen molar-refractivity contribution in [3.05, 3.63) is 287 Å². The van der Waals surface area contributed by atoms with E-state index in [1.54, 1.807) is 0 Å². The second kappa shape index (κ2) is 20.7. The largest absolute Gasteiger partial charge is 0.325 e. The molecule has 0 aromatic heterocycles. The third kappa shape index (κ3) is 9.30. The number of hydrogen-bond donors (Lipinski definition) is 2. The lowest BCUT2D eigenvalue weighted by Crippen LogP contribution is -2.51. The molecule has 4 N–H and O–H groups in total. The van der Waals surface area contributed by atoms with Crippen molar-refractivity contribution in [1.29, 1.82) is 0 Å². The van der Waals surface area contributed by atoms with Crippen LogP contribution in [-0.4, -0.2) is 37.5 Å². The fourth-order valence-corrected chi connectivity index (χ4v) is 18.6. The first-order valence-electron chi connectivity index (χ1n) is 24.2. The van der Waals surface area contributed by atoms with Gasteiger partial charge in [-0.15, -0.1) is 0 Å². The van der Waals surface area contributed by atoms with Crippen molar-refractivity contribution in [1.82, 2.24) is 0 Å². The van der Waals surface area contributed by atoms with Crippen LogP contribution in [0.1, 0.15) is 96.1 Å². The van der Waals surface area contributed by atoms with Crippen LogP contribution >= 0.6 is 0 Å². The van der Waals surface area contributed by atoms with Gasteiger partial charge in [-0.05, 0) is 104 Å². The lowest BCUT2D eigenvalue weighted by atomic mass is 9.87.